The third-order valence-electron chi connectivity index (χ3n) is 3.05. The van der Waals surface area contributed by atoms with Crippen molar-refractivity contribution in [2.45, 2.75) is 26.8 Å². The zero-order valence-corrected chi connectivity index (χ0v) is 12.4. The Morgan fingerprint density at radius 2 is 2.16 bits per heavy atom. The molecule has 6 heteroatoms. The SMILES string of the molecule is CC(C)[C@@H](C)NC(=O)c1csc(-c2cnn(C)c2)n1. The minimum Gasteiger partial charge on any atom is -0.348 e. The van der Waals surface area contributed by atoms with E-state index in [1.807, 2.05) is 20.2 Å². The van der Waals surface area contributed by atoms with E-state index in [1.165, 1.54) is 11.3 Å². The zero-order chi connectivity index (χ0) is 14.0. The van der Waals surface area contributed by atoms with Gasteiger partial charge in [-0.2, -0.15) is 5.10 Å². The molecule has 0 unspecified atom stereocenters. The predicted octanol–water partition coefficient (Wildman–Crippen LogP) is 2.32. The molecule has 0 spiro atoms. The number of aromatic nitrogens is 3. The molecule has 1 amide bonds. The number of hydrogen-bond donors (Lipinski definition) is 1. The second-order valence-electron chi connectivity index (χ2n) is 4.95. The minimum atomic E-state index is -0.118. The largest absolute Gasteiger partial charge is 0.348 e. The van der Waals surface area contributed by atoms with Crippen molar-refractivity contribution >= 4 is 17.2 Å². The van der Waals surface area contributed by atoms with Gasteiger partial charge < -0.3 is 5.32 Å². The number of nitrogens with zero attached hydrogens (tertiary/aromatic N) is 3. The maximum atomic E-state index is 12.0. The van der Waals surface area contributed by atoms with Gasteiger partial charge in [-0.05, 0) is 12.8 Å². The van der Waals surface area contributed by atoms with E-state index in [0.29, 0.717) is 11.6 Å². The van der Waals surface area contributed by atoms with Crippen molar-refractivity contribution < 1.29 is 4.79 Å². The van der Waals surface area contributed by atoms with Gasteiger partial charge in [0.05, 0.1) is 6.20 Å². The Balaban J connectivity index is 2.11. The van der Waals surface area contributed by atoms with Crippen LogP contribution in [0, 0.1) is 5.92 Å². The second-order valence-corrected chi connectivity index (χ2v) is 5.80. The lowest BCUT2D eigenvalue weighted by molar-refractivity contribution is 0.0926. The van der Waals surface area contributed by atoms with Gasteiger partial charge in [0.1, 0.15) is 10.7 Å². The van der Waals surface area contributed by atoms with Crippen molar-refractivity contribution in [1.82, 2.24) is 20.1 Å². The first-order valence-corrected chi connectivity index (χ1v) is 7.10. The lowest BCUT2D eigenvalue weighted by Gasteiger charge is -2.16. The summed E-state index contributed by atoms with van der Waals surface area (Å²) in [5, 5.41) is 9.65. The smallest absolute Gasteiger partial charge is 0.270 e. The van der Waals surface area contributed by atoms with Crippen LogP contribution in [0.4, 0.5) is 0 Å². The first kappa shape index (κ1) is 13.7. The molecule has 0 radical (unpaired) electrons. The highest BCUT2D eigenvalue weighted by molar-refractivity contribution is 7.13. The van der Waals surface area contributed by atoms with Crippen LogP contribution in [0.25, 0.3) is 10.6 Å². The van der Waals surface area contributed by atoms with E-state index in [2.05, 4.69) is 29.2 Å². The molecule has 2 rings (SSSR count). The van der Waals surface area contributed by atoms with E-state index >= 15 is 0 Å². The Morgan fingerprint density at radius 1 is 1.42 bits per heavy atom. The molecule has 0 aromatic carbocycles. The number of rotatable bonds is 4. The Labute approximate surface area is 116 Å². The van der Waals surface area contributed by atoms with Crippen molar-refractivity contribution in [3.63, 3.8) is 0 Å². The van der Waals surface area contributed by atoms with Crippen LogP contribution in [0.3, 0.4) is 0 Å². The maximum absolute atomic E-state index is 12.0. The Hall–Kier alpha value is -1.69. The highest BCUT2D eigenvalue weighted by Gasteiger charge is 2.16. The maximum Gasteiger partial charge on any atom is 0.270 e. The molecule has 0 fully saturated rings. The molecule has 0 saturated heterocycles. The molecule has 5 nitrogen and oxygen atoms in total. The van der Waals surface area contributed by atoms with Crippen LogP contribution in [-0.4, -0.2) is 26.7 Å². The molecular formula is C13H18N4OS. The van der Waals surface area contributed by atoms with Crippen molar-refractivity contribution in [2.24, 2.45) is 13.0 Å². The highest BCUT2D eigenvalue weighted by Crippen LogP contribution is 2.22. The van der Waals surface area contributed by atoms with Crippen molar-refractivity contribution in [3.05, 3.63) is 23.5 Å². The number of thiazole rings is 1. The predicted molar refractivity (Wildman–Crippen MR) is 76.1 cm³/mol. The lowest BCUT2D eigenvalue weighted by Crippen LogP contribution is -2.36. The van der Waals surface area contributed by atoms with E-state index in [4.69, 9.17) is 0 Å². The molecule has 19 heavy (non-hydrogen) atoms. The molecule has 0 aliphatic carbocycles. The molecule has 0 saturated carbocycles. The standard InChI is InChI=1S/C13H18N4OS/c1-8(2)9(3)15-12(18)11-7-19-13(16-11)10-5-14-17(4)6-10/h5-9H,1-4H3,(H,15,18)/t9-/m1/s1. The van der Waals surface area contributed by atoms with Gasteiger partial charge in [-0.25, -0.2) is 4.98 Å². The molecule has 2 aromatic heterocycles. The second kappa shape index (κ2) is 5.52. The molecule has 0 aliphatic rings. The number of carbonyl (C=O) groups is 1. The van der Waals surface area contributed by atoms with Crippen LogP contribution in [0.2, 0.25) is 0 Å². The van der Waals surface area contributed by atoms with Gasteiger partial charge in [0.2, 0.25) is 0 Å². The molecule has 1 N–H and O–H groups in total. The van der Waals surface area contributed by atoms with Crippen molar-refractivity contribution in [1.29, 1.82) is 0 Å². The minimum absolute atomic E-state index is 0.118. The van der Waals surface area contributed by atoms with Gasteiger partial charge in [0.15, 0.2) is 0 Å². The van der Waals surface area contributed by atoms with E-state index in [-0.39, 0.29) is 11.9 Å². The topological polar surface area (TPSA) is 59.8 Å². The first-order chi connectivity index (χ1) is 8.97. The van der Waals surface area contributed by atoms with Gasteiger partial charge in [-0.1, -0.05) is 13.8 Å². The van der Waals surface area contributed by atoms with E-state index in [9.17, 15) is 4.79 Å². The third kappa shape index (κ3) is 3.20. The van der Waals surface area contributed by atoms with Gasteiger partial charge in [-0.3, -0.25) is 9.48 Å². The van der Waals surface area contributed by atoms with E-state index in [1.54, 1.807) is 16.3 Å². The lowest BCUT2D eigenvalue weighted by atomic mass is 10.1. The molecule has 2 heterocycles. The number of carbonyl (C=O) groups excluding carboxylic acids is 1. The molecule has 2 aromatic rings. The van der Waals surface area contributed by atoms with E-state index in [0.717, 1.165) is 10.6 Å². The first-order valence-electron chi connectivity index (χ1n) is 6.22. The van der Waals surface area contributed by atoms with Crippen molar-refractivity contribution in [3.8, 4) is 10.6 Å². The summed E-state index contributed by atoms with van der Waals surface area (Å²) in [7, 11) is 1.86. The summed E-state index contributed by atoms with van der Waals surface area (Å²) in [5.41, 5.74) is 1.40. The fourth-order valence-electron chi connectivity index (χ4n) is 1.49. The number of aryl methyl sites for hydroxylation is 1. The summed E-state index contributed by atoms with van der Waals surface area (Å²) < 4.78 is 1.72. The summed E-state index contributed by atoms with van der Waals surface area (Å²) >= 11 is 1.45. The summed E-state index contributed by atoms with van der Waals surface area (Å²) in [5.74, 6) is 0.285. The highest BCUT2D eigenvalue weighted by atomic mass is 32.1. The van der Waals surface area contributed by atoms with Crippen LogP contribution >= 0.6 is 11.3 Å². The summed E-state index contributed by atoms with van der Waals surface area (Å²) in [6.07, 6.45) is 3.63. The van der Waals surface area contributed by atoms with Crippen LogP contribution < -0.4 is 5.32 Å². The monoisotopic (exact) mass is 278 g/mol. The van der Waals surface area contributed by atoms with E-state index < -0.39 is 0 Å². The average Bonchev–Trinajstić information content (AvgIpc) is 2.96. The number of nitrogens with one attached hydrogen (secondary N) is 1. The molecular weight excluding hydrogens is 260 g/mol. The van der Waals surface area contributed by atoms with Crippen LogP contribution in [0.15, 0.2) is 17.8 Å². The Bertz CT molecular complexity index is 573. The van der Waals surface area contributed by atoms with Gasteiger partial charge >= 0.3 is 0 Å². The van der Waals surface area contributed by atoms with Crippen molar-refractivity contribution in [2.75, 3.05) is 0 Å². The van der Waals surface area contributed by atoms with Crippen LogP contribution in [0.5, 0.6) is 0 Å². The summed E-state index contributed by atoms with van der Waals surface area (Å²) in [6.45, 7) is 6.15. The molecule has 0 aliphatic heterocycles. The quantitative estimate of drug-likeness (QED) is 0.933. The van der Waals surface area contributed by atoms with Crippen LogP contribution in [0.1, 0.15) is 31.3 Å². The summed E-state index contributed by atoms with van der Waals surface area (Å²) in [6, 6.07) is 0.135. The van der Waals surface area contributed by atoms with Crippen LogP contribution in [-0.2, 0) is 7.05 Å². The number of amides is 1. The molecule has 0 bridgehead atoms. The Kier molecular flexibility index (Phi) is 3.99. The fourth-order valence-corrected chi connectivity index (χ4v) is 2.27. The molecule has 1 atom stereocenters. The van der Waals surface area contributed by atoms with Gasteiger partial charge in [0, 0.05) is 30.2 Å². The number of hydrogen-bond acceptors (Lipinski definition) is 4. The zero-order valence-electron chi connectivity index (χ0n) is 11.5. The normalized spacial score (nSPS) is 12.7. The molecule has 102 valence electrons. The Morgan fingerprint density at radius 3 is 2.74 bits per heavy atom. The third-order valence-corrected chi connectivity index (χ3v) is 3.94. The van der Waals surface area contributed by atoms with Gasteiger partial charge in [0.25, 0.3) is 5.91 Å². The van der Waals surface area contributed by atoms with Gasteiger partial charge in [-0.15, -0.1) is 11.3 Å². The fraction of sp³-hybridized carbons (Fsp3) is 0.462. The average molecular weight is 278 g/mol. The summed E-state index contributed by atoms with van der Waals surface area (Å²) in [4.78, 5) is 16.4.